The molecule has 136 valence electrons. The van der Waals surface area contributed by atoms with Gasteiger partial charge < -0.3 is 5.32 Å². The van der Waals surface area contributed by atoms with Crippen molar-refractivity contribution in [2.45, 2.75) is 39.7 Å². The molecular formula is C21H25N3O2. The number of aromatic nitrogens is 1. The van der Waals surface area contributed by atoms with Gasteiger partial charge in [-0.1, -0.05) is 31.5 Å². The standard InChI is InChI=1S/C21H25N3O2/c1-14(2)10-12-22-19(25)13-18-20-17(5-4-11-23-20)21(26)24(18)16-8-6-15(3)7-9-16/h4-9,11,14,18H,10,12-13H2,1-3H3,(H,22,25)/t18-/m0/s1. The maximum absolute atomic E-state index is 12.9. The first-order valence-electron chi connectivity index (χ1n) is 9.09. The molecule has 5 nitrogen and oxygen atoms in total. The fourth-order valence-electron chi connectivity index (χ4n) is 3.20. The number of carbonyl (C=O) groups excluding carboxylic acids is 2. The van der Waals surface area contributed by atoms with Gasteiger partial charge in [0.05, 0.1) is 23.7 Å². The lowest BCUT2D eigenvalue weighted by molar-refractivity contribution is -0.121. The molecule has 0 aliphatic carbocycles. The molecule has 2 amide bonds. The van der Waals surface area contributed by atoms with Crippen LogP contribution in [0.25, 0.3) is 0 Å². The molecule has 0 spiro atoms. The lowest BCUT2D eigenvalue weighted by Crippen LogP contribution is -2.33. The Kier molecular flexibility index (Phi) is 5.35. The smallest absolute Gasteiger partial charge is 0.260 e. The summed E-state index contributed by atoms with van der Waals surface area (Å²) in [4.78, 5) is 31.5. The molecule has 3 rings (SSSR count). The summed E-state index contributed by atoms with van der Waals surface area (Å²) < 4.78 is 0. The van der Waals surface area contributed by atoms with Crippen molar-refractivity contribution >= 4 is 17.5 Å². The average Bonchev–Trinajstić information content (AvgIpc) is 2.88. The van der Waals surface area contributed by atoms with E-state index < -0.39 is 0 Å². The molecule has 26 heavy (non-hydrogen) atoms. The number of hydrogen-bond donors (Lipinski definition) is 1. The number of benzene rings is 1. The third-order valence-electron chi connectivity index (χ3n) is 4.65. The van der Waals surface area contributed by atoms with Crippen molar-refractivity contribution < 1.29 is 9.59 Å². The predicted octanol–water partition coefficient (Wildman–Crippen LogP) is 3.64. The van der Waals surface area contributed by atoms with Crippen LogP contribution < -0.4 is 10.2 Å². The van der Waals surface area contributed by atoms with Crippen LogP contribution in [0.15, 0.2) is 42.6 Å². The summed E-state index contributed by atoms with van der Waals surface area (Å²) in [7, 11) is 0. The molecule has 1 atom stereocenters. The fraction of sp³-hybridized carbons (Fsp3) is 0.381. The highest BCUT2D eigenvalue weighted by Gasteiger charge is 2.39. The van der Waals surface area contributed by atoms with Crippen molar-refractivity contribution in [3.63, 3.8) is 0 Å². The minimum absolute atomic E-state index is 0.0564. The molecule has 1 aromatic heterocycles. The second kappa shape index (κ2) is 7.68. The summed E-state index contributed by atoms with van der Waals surface area (Å²) >= 11 is 0. The molecule has 2 aromatic rings. The lowest BCUT2D eigenvalue weighted by atomic mass is 10.1. The van der Waals surface area contributed by atoms with Gasteiger partial charge in [-0.2, -0.15) is 0 Å². The Morgan fingerprint density at radius 1 is 1.23 bits per heavy atom. The molecule has 0 radical (unpaired) electrons. The van der Waals surface area contributed by atoms with Gasteiger partial charge in [-0.3, -0.25) is 19.5 Å². The van der Waals surface area contributed by atoms with Crippen molar-refractivity contribution in [3.8, 4) is 0 Å². The SMILES string of the molecule is Cc1ccc(N2C(=O)c3cccnc3[C@@H]2CC(=O)NCCC(C)C)cc1. The lowest BCUT2D eigenvalue weighted by Gasteiger charge is -2.25. The van der Waals surface area contributed by atoms with Crippen LogP contribution in [-0.4, -0.2) is 23.3 Å². The number of amides is 2. The van der Waals surface area contributed by atoms with Crippen LogP contribution in [0.4, 0.5) is 5.69 Å². The molecule has 1 N–H and O–H groups in total. The molecule has 0 saturated carbocycles. The van der Waals surface area contributed by atoms with E-state index in [1.165, 1.54) is 0 Å². The number of nitrogens with one attached hydrogen (secondary N) is 1. The Hall–Kier alpha value is -2.69. The first kappa shape index (κ1) is 18.1. The highest BCUT2D eigenvalue weighted by molar-refractivity contribution is 6.11. The van der Waals surface area contributed by atoms with Gasteiger partial charge in [-0.15, -0.1) is 0 Å². The van der Waals surface area contributed by atoms with Gasteiger partial charge >= 0.3 is 0 Å². The van der Waals surface area contributed by atoms with Gasteiger partial charge in [0, 0.05) is 18.4 Å². The second-order valence-corrected chi connectivity index (χ2v) is 7.20. The second-order valence-electron chi connectivity index (χ2n) is 7.20. The van der Waals surface area contributed by atoms with E-state index in [0.29, 0.717) is 23.7 Å². The zero-order valence-corrected chi connectivity index (χ0v) is 15.5. The van der Waals surface area contributed by atoms with Gasteiger partial charge in [0.15, 0.2) is 0 Å². The van der Waals surface area contributed by atoms with Crippen LogP contribution in [0, 0.1) is 12.8 Å². The maximum Gasteiger partial charge on any atom is 0.260 e. The third-order valence-corrected chi connectivity index (χ3v) is 4.65. The number of aryl methyl sites for hydroxylation is 1. The summed E-state index contributed by atoms with van der Waals surface area (Å²) in [6.07, 6.45) is 2.82. The number of pyridine rings is 1. The van der Waals surface area contributed by atoms with E-state index in [4.69, 9.17) is 0 Å². The van der Waals surface area contributed by atoms with Crippen molar-refractivity contribution in [3.05, 3.63) is 59.4 Å². The van der Waals surface area contributed by atoms with Gasteiger partial charge in [0.1, 0.15) is 0 Å². The molecule has 0 saturated heterocycles. The predicted molar refractivity (Wildman–Crippen MR) is 102 cm³/mol. The van der Waals surface area contributed by atoms with E-state index in [9.17, 15) is 9.59 Å². The average molecular weight is 351 g/mol. The zero-order chi connectivity index (χ0) is 18.7. The highest BCUT2D eigenvalue weighted by Crippen LogP contribution is 2.38. The van der Waals surface area contributed by atoms with Gasteiger partial charge in [0.2, 0.25) is 5.91 Å². The van der Waals surface area contributed by atoms with E-state index in [0.717, 1.165) is 17.7 Å². The first-order chi connectivity index (χ1) is 12.5. The quantitative estimate of drug-likeness (QED) is 0.864. The van der Waals surface area contributed by atoms with Crippen LogP contribution in [-0.2, 0) is 4.79 Å². The van der Waals surface area contributed by atoms with E-state index in [2.05, 4.69) is 24.1 Å². The molecule has 2 heterocycles. The Balaban J connectivity index is 1.84. The molecule has 1 aliphatic heterocycles. The van der Waals surface area contributed by atoms with E-state index in [1.54, 1.807) is 23.2 Å². The molecule has 1 aliphatic rings. The number of rotatable bonds is 6. The van der Waals surface area contributed by atoms with Crippen molar-refractivity contribution in [2.75, 3.05) is 11.4 Å². The number of carbonyl (C=O) groups is 2. The zero-order valence-electron chi connectivity index (χ0n) is 15.5. The fourth-order valence-corrected chi connectivity index (χ4v) is 3.20. The Labute approximate surface area is 154 Å². The first-order valence-corrected chi connectivity index (χ1v) is 9.09. The van der Waals surface area contributed by atoms with Crippen molar-refractivity contribution in [2.24, 2.45) is 5.92 Å². The molecule has 1 aromatic carbocycles. The number of anilines is 1. The molecule has 0 bridgehead atoms. The Bertz CT molecular complexity index is 799. The van der Waals surface area contributed by atoms with Gasteiger partial charge in [0.25, 0.3) is 5.91 Å². The molecule has 0 fully saturated rings. The van der Waals surface area contributed by atoms with Crippen LogP contribution in [0.3, 0.4) is 0 Å². The summed E-state index contributed by atoms with van der Waals surface area (Å²) in [6.45, 7) is 6.91. The highest BCUT2D eigenvalue weighted by atomic mass is 16.2. The summed E-state index contributed by atoms with van der Waals surface area (Å²) in [5.41, 5.74) is 3.17. The third kappa shape index (κ3) is 3.77. The molecule has 0 unspecified atom stereocenters. The van der Waals surface area contributed by atoms with Crippen molar-refractivity contribution in [1.82, 2.24) is 10.3 Å². The Morgan fingerprint density at radius 2 is 1.96 bits per heavy atom. The minimum Gasteiger partial charge on any atom is -0.356 e. The molecular weight excluding hydrogens is 326 g/mol. The van der Waals surface area contributed by atoms with Crippen LogP contribution in [0.1, 0.15) is 54.3 Å². The molecule has 5 heteroatoms. The summed E-state index contributed by atoms with van der Waals surface area (Å²) in [5, 5.41) is 2.96. The van der Waals surface area contributed by atoms with Crippen molar-refractivity contribution in [1.29, 1.82) is 0 Å². The van der Waals surface area contributed by atoms with E-state index >= 15 is 0 Å². The number of fused-ring (bicyclic) bond motifs is 1. The van der Waals surface area contributed by atoms with E-state index in [1.807, 2.05) is 31.2 Å². The monoisotopic (exact) mass is 351 g/mol. The summed E-state index contributed by atoms with van der Waals surface area (Å²) in [6, 6.07) is 10.9. The maximum atomic E-state index is 12.9. The van der Waals surface area contributed by atoms with E-state index in [-0.39, 0.29) is 24.3 Å². The van der Waals surface area contributed by atoms with Crippen LogP contribution in [0.5, 0.6) is 0 Å². The number of nitrogens with zero attached hydrogens (tertiary/aromatic N) is 2. The minimum atomic E-state index is -0.375. The largest absolute Gasteiger partial charge is 0.356 e. The Morgan fingerprint density at radius 3 is 2.65 bits per heavy atom. The van der Waals surface area contributed by atoms with Crippen LogP contribution >= 0.6 is 0 Å². The topological polar surface area (TPSA) is 62.3 Å². The van der Waals surface area contributed by atoms with Gasteiger partial charge in [-0.05, 0) is 43.5 Å². The summed E-state index contributed by atoms with van der Waals surface area (Å²) in [5.74, 6) is 0.380. The number of hydrogen-bond acceptors (Lipinski definition) is 3. The van der Waals surface area contributed by atoms with Gasteiger partial charge in [-0.25, -0.2) is 0 Å². The normalized spacial score (nSPS) is 16.1. The van der Waals surface area contributed by atoms with Crippen LogP contribution in [0.2, 0.25) is 0 Å².